The van der Waals surface area contributed by atoms with Crippen molar-refractivity contribution < 1.29 is 9.13 Å². The monoisotopic (exact) mass is 320 g/mol. The van der Waals surface area contributed by atoms with Crippen LogP contribution >= 0.6 is 11.6 Å². The lowest BCUT2D eigenvalue weighted by atomic mass is 10.2. The van der Waals surface area contributed by atoms with Crippen molar-refractivity contribution in [3.8, 4) is 11.9 Å². The molecular formula is C15H14ClFN4O. The van der Waals surface area contributed by atoms with Crippen LogP contribution in [0.25, 0.3) is 0 Å². The van der Waals surface area contributed by atoms with Gasteiger partial charge in [0.25, 0.3) is 0 Å². The summed E-state index contributed by atoms with van der Waals surface area (Å²) < 4.78 is 19.5. The van der Waals surface area contributed by atoms with E-state index in [-0.39, 0.29) is 28.0 Å². The number of nitriles is 1. The third kappa shape index (κ3) is 3.83. The normalized spacial score (nSPS) is 10.9. The summed E-state index contributed by atoms with van der Waals surface area (Å²) in [6, 6.07) is 5.93. The van der Waals surface area contributed by atoms with E-state index in [9.17, 15) is 4.39 Å². The molecule has 2 aromatic rings. The van der Waals surface area contributed by atoms with Gasteiger partial charge in [0, 0.05) is 0 Å². The number of hydrogen-bond acceptors (Lipinski definition) is 5. The molecule has 0 aliphatic carbocycles. The van der Waals surface area contributed by atoms with Crippen molar-refractivity contribution >= 4 is 23.1 Å². The Morgan fingerprint density at radius 3 is 2.64 bits per heavy atom. The van der Waals surface area contributed by atoms with E-state index in [0.29, 0.717) is 0 Å². The third-order valence-corrected chi connectivity index (χ3v) is 2.85. The maximum absolute atomic E-state index is 13.9. The molecule has 2 rings (SSSR count). The fraction of sp³-hybridized carbons (Fsp3) is 0.267. The zero-order chi connectivity index (χ0) is 16.3. The largest absolute Gasteiger partial charge is 0.471 e. The van der Waals surface area contributed by atoms with E-state index in [4.69, 9.17) is 21.6 Å². The van der Waals surface area contributed by atoms with Gasteiger partial charge in [-0.1, -0.05) is 11.6 Å². The maximum Gasteiger partial charge on any atom is 0.238 e. The van der Waals surface area contributed by atoms with Gasteiger partial charge in [0.15, 0.2) is 5.82 Å². The topological polar surface area (TPSA) is 70.8 Å². The maximum atomic E-state index is 13.9. The van der Waals surface area contributed by atoms with Crippen molar-refractivity contribution in [3.63, 3.8) is 0 Å². The first kappa shape index (κ1) is 16.0. The Balaban J connectivity index is 2.31. The van der Waals surface area contributed by atoms with Crippen molar-refractivity contribution in [2.45, 2.75) is 26.4 Å². The number of nitrogens with zero attached hydrogens (tertiary/aromatic N) is 3. The molecule has 0 saturated heterocycles. The van der Waals surface area contributed by atoms with Crippen LogP contribution in [-0.4, -0.2) is 15.6 Å². The van der Waals surface area contributed by atoms with Gasteiger partial charge in [-0.05, 0) is 39.0 Å². The zero-order valence-electron chi connectivity index (χ0n) is 12.3. The molecule has 0 unspecified atom stereocenters. The van der Waals surface area contributed by atoms with Crippen LogP contribution in [-0.2, 0) is 0 Å². The number of rotatable bonds is 3. The lowest BCUT2D eigenvalue weighted by molar-refractivity contribution is 0.124. The molecule has 1 aromatic heterocycles. The van der Waals surface area contributed by atoms with E-state index < -0.39 is 11.4 Å². The molecule has 0 radical (unpaired) electrons. The second-order valence-corrected chi connectivity index (χ2v) is 5.87. The fourth-order valence-corrected chi connectivity index (χ4v) is 1.80. The molecule has 0 atom stereocenters. The second-order valence-electron chi connectivity index (χ2n) is 5.49. The molecule has 0 aliphatic heterocycles. The van der Waals surface area contributed by atoms with Gasteiger partial charge >= 0.3 is 0 Å². The highest BCUT2D eigenvalue weighted by atomic mass is 35.5. The Labute approximate surface area is 132 Å². The average Bonchev–Trinajstić information content (AvgIpc) is 2.43. The van der Waals surface area contributed by atoms with E-state index in [1.807, 2.05) is 26.8 Å². The second kappa shape index (κ2) is 6.16. The van der Waals surface area contributed by atoms with Gasteiger partial charge in [0.2, 0.25) is 5.88 Å². The van der Waals surface area contributed by atoms with Crippen molar-refractivity contribution in [1.82, 2.24) is 9.97 Å². The first-order valence-corrected chi connectivity index (χ1v) is 6.84. The summed E-state index contributed by atoms with van der Waals surface area (Å²) in [5.74, 6) is -0.146. The SMILES string of the molecule is CC(C)(C)Oc1ncnc(Nc2ccc(C#N)cc2F)c1Cl. The number of ether oxygens (including phenoxy) is 1. The molecule has 7 heteroatoms. The highest BCUT2D eigenvalue weighted by molar-refractivity contribution is 6.34. The highest BCUT2D eigenvalue weighted by Gasteiger charge is 2.18. The number of hydrogen-bond donors (Lipinski definition) is 1. The third-order valence-electron chi connectivity index (χ3n) is 2.51. The van der Waals surface area contributed by atoms with E-state index in [1.165, 1.54) is 18.5 Å². The molecule has 0 bridgehead atoms. The predicted octanol–water partition coefficient (Wildman–Crippen LogP) is 4.06. The fourth-order valence-electron chi connectivity index (χ4n) is 1.62. The first-order valence-electron chi connectivity index (χ1n) is 6.46. The first-order chi connectivity index (χ1) is 10.3. The summed E-state index contributed by atoms with van der Waals surface area (Å²) in [4.78, 5) is 7.96. The zero-order valence-corrected chi connectivity index (χ0v) is 13.1. The molecule has 0 spiro atoms. The summed E-state index contributed by atoms with van der Waals surface area (Å²) in [7, 11) is 0. The summed E-state index contributed by atoms with van der Waals surface area (Å²) in [5.41, 5.74) is -0.0931. The molecule has 0 aliphatic rings. The highest BCUT2D eigenvalue weighted by Crippen LogP contribution is 2.32. The van der Waals surface area contributed by atoms with Crippen molar-refractivity contribution in [3.05, 3.63) is 40.9 Å². The Bertz CT molecular complexity index is 737. The summed E-state index contributed by atoms with van der Waals surface area (Å²) >= 11 is 6.19. The van der Waals surface area contributed by atoms with Gasteiger partial charge in [-0.2, -0.15) is 5.26 Å². The molecule has 0 amide bonds. The molecule has 1 N–H and O–H groups in total. The minimum Gasteiger partial charge on any atom is -0.471 e. The molecule has 5 nitrogen and oxygen atoms in total. The molecule has 22 heavy (non-hydrogen) atoms. The van der Waals surface area contributed by atoms with E-state index in [1.54, 1.807) is 0 Å². The van der Waals surface area contributed by atoms with Crippen LogP contribution in [0.3, 0.4) is 0 Å². The van der Waals surface area contributed by atoms with Crippen LogP contribution in [0.4, 0.5) is 15.9 Å². The Hall–Kier alpha value is -2.39. The lowest BCUT2D eigenvalue weighted by Crippen LogP contribution is -2.24. The summed E-state index contributed by atoms with van der Waals surface area (Å²) in [6.07, 6.45) is 1.27. The number of nitrogens with one attached hydrogen (secondary N) is 1. The van der Waals surface area contributed by atoms with Crippen molar-refractivity contribution in [2.24, 2.45) is 0 Å². The standard InChI is InChI=1S/C15H14ClFN4O/c1-15(2,3)22-14-12(16)13(19-8-20-14)21-11-5-4-9(7-18)6-10(11)17/h4-6,8H,1-3H3,(H,19,20,21). The Kier molecular flexibility index (Phi) is 4.48. The smallest absolute Gasteiger partial charge is 0.238 e. The van der Waals surface area contributed by atoms with Gasteiger partial charge in [0.1, 0.15) is 22.8 Å². The number of anilines is 2. The van der Waals surface area contributed by atoms with E-state index >= 15 is 0 Å². The molecule has 1 heterocycles. The van der Waals surface area contributed by atoms with Crippen molar-refractivity contribution in [2.75, 3.05) is 5.32 Å². The lowest BCUT2D eigenvalue weighted by Gasteiger charge is -2.21. The Morgan fingerprint density at radius 1 is 1.32 bits per heavy atom. The van der Waals surface area contributed by atoms with Crippen LogP contribution in [0.15, 0.2) is 24.5 Å². The van der Waals surface area contributed by atoms with Crippen LogP contribution < -0.4 is 10.1 Å². The summed E-state index contributed by atoms with van der Waals surface area (Å²) in [6.45, 7) is 5.58. The minimum absolute atomic E-state index is 0.154. The molecule has 1 aromatic carbocycles. The van der Waals surface area contributed by atoms with Crippen LogP contribution in [0.5, 0.6) is 5.88 Å². The minimum atomic E-state index is -0.577. The van der Waals surface area contributed by atoms with Crippen molar-refractivity contribution in [1.29, 1.82) is 5.26 Å². The van der Waals surface area contributed by atoms with Crippen LogP contribution in [0.1, 0.15) is 26.3 Å². The van der Waals surface area contributed by atoms with Gasteiger partial charge in [-0.25, -0.2) is 14.4 Å². The molecule has 114 valence electrons. The number of aromatic nitrogens is 2. The van der Waals surface area contributed by atoms with E-state index in [2.05, 4.69) is 15.3 Å². The van der Waals surface area contributed by atoms with Crippen LogP contribution in [0, 0.1) is 17.1 Å². The molecule has 0 fully saturated rings. The number of benzene rings is 1. The predicted molar refractivity (Wildman–Crippen MR) is 81.8 cm³/mol. The quantitative estimate of drug-likeness (QED) is 0.923. The van der Waals surface area contributed by atoms with Crippen LogP contribution in [0.2, 0.25) is 5.02 Å². The van der Waals surface area contributed by atoms with Gasteiger partial charge in [-0.15, -0.1) is 0 Å². The van der Waals surface area contributed by atoms with Gasteiger partial charge in [0.05, 0.1) is 17.3 Å². The average molecular weight is 321 g/mol. The molecule has 0 saturated carbocycles. The Morgan fingerprint density at radius 2 is 2.05 bits per heavy atom. The van der Waals surface area contributed by atoms with Gasteiger partial charge in [-0.3, -0.25) is 0 Å². The van der Waals surface area contributed by atoms with Gasteiger partial charge < -0.3 is 10.1 Å². The summed E-state index contributed by atoms with van der Waals surface area (Å²) in [5, 5.41) is 11.7. The van der Waals surface area contributed by atoms with E-state index in [0.717, 1.165) is 6.07 Å². The molecular weight excluding hydrogens is 307 g/mol. The number of halogens is 2.